The van der Waals surface area contributed by atoms with E-state index in [2.05, 4.69) is 67.7 Å². The summed E-state index contributed by atoms with van der Waals surface area (Å²) >= 11 is 1.86. The summed E-state index contributed by atoms with van der Waals surface area (Å²) < 4.78 is 1.40. The van der Waals surface area contributed by atoms with Crippen molar-refractivity contribution in [2.45, 2.75) is 45.3 Å². The highest BCUT2D eigenvalue weighted by Crippen LogP contribution is 2.33. The van der Waals surface area contributed by atoms with E-state index < -0.39 is 8.07 Å². The van der Waals surface area contributed by atoms with Gasteiger partial charge in [-0.15, -0.1) is 22.8 Å². The highest BCUT2D eigenvalue weighted by atomic mass is 32.1. The Morgan fingerprint density at radius 1 is 1.21 bits per heavy atom. The van der Waals surface area contributed by atoms with E-state index >= 15 is 0 Å². The van der Waals surface area contributed by atoms with Crippen LogP contribution in [0, 0.1) is 11.5 Å². The van der Waals surface area contributed by atoms with Crippen LogP contribution in [0.4, 0.5) is 0 Å². The molecular formula is C17H22SSi. The van der Waals surface area contributed by atoms with Crippen molar-refractivity contribution in [2.75, 3.05) is 0 Å². The Bertz CT molecular complexity index is 607. The van der Waals surface area contributed by atoms with Gasteiger partial charge in [-0.3, -0.25) is 0 Å². The van der Waals surface area contributed by atoms with Gasteiger partial charge in [0.25, 0.3) is 0 Å². The van der Waals surface area contributed by atoms with Crippen LogP contribution in [0.15, 0.2) is 29.6 Å². The topological polar surface area (TPSA) is 0 Å². The number of thiophene rings is 1. The lowest BCUT2D eigenvalue weighted by molar-refractivity contribution is 0.705. The van der Waals surface area contributed by atoms with Crippen LogP contribution in [0.5, 0.6) is 0 Å². The fourth-order valence-electron chi connectivity index (χ4n) is 2.15. The first-order valence-electron chi connectivity index (χ1n) is 6.93. The van der Waals surface area contributed by atoms with Gasteiger partial charge in [-0.05, 0) is 34.7 Å². The predicted molar refractivity (Wildman–Crippen MR) is 90.6 cm³/mol. The minimum Gasteiger partial charge on any atom is -0.144 e. The molecule has 0 amide bonds. The van der Waals surface area contributed by atoms with Crippen LogP contribution < -0.4 is 0 Å². The molecule has 0 aliphatic carbocycles. The lowest BCUT2D eigenvalue weighted by Crippen LogP contribution is -2.16. The molecule has 0 unspecified atom stereocenters. The lowest BCUT2D eigenvalue weighted by Gasteiger charge is -2.09. The van der Waals surface area contributed by atoms with E-state index in [0.717, 1.165) is 12.8 Å². The molecule has 0 saturated carbocycles. The quantitative estimate of drug-likeness (QED) is 0.504. The van der Waals surface area contributed by atoms with Crippen molar-refractivity contribution in [3.8, 4) is 11.5 Å². The fraction of sp³-hybridized carbons (Fsp3) is 0.412. The molecule has 0 N–H and O–H groups in total. The van der Waals surface area contributed by atoms with Crippen LogP contribution >= 0.6 is 11.3 Å². The Kier molecular flexibility index (Phi) is 4.49. The monoisotopic (exact) mass is 286 g/mol. The van der Waals surface area contributed by atoms with Gasteiger partial charge >= 0.3 is 0 Å². The predicted octanol–water partition coefficient (Wildman–Crippen LogP) is 5.67. The Morgan fingerprint density at radius 2 is 1.95 bits per heavy atom. The number of benzene rings is 1. The summed E-state index contributed by atoms with van der Waals surface area (Å²) in [6.45, 7) is 9.23. The second kappa shape index (κ2) is 5.94. The van der Waals surface area contributed by atoms with Crippen molar-refractivity contribution >= 4 is 29.5 Å². The third kappa shape index (κ3) is 3.96. The zero-order chi connectivity index (χ0) is 13.9. The highest BCUT2D eigenvalue weighted by molar-refractivity contribution is 7.17. The van der Waals surface area contributed by atoms with Gasteiger partial charge in [0.1, 0.15) is 8.07 Å². The summed E-state index contributed by atoms with van der Waals surface area (Å²) in [5.41, 5.74) is 4.95. The van der Waals surface area contributed by atoms with Crippen molar-refractivity contribution in [3.05, 3.63) is 35.2 Å². The van der Waals surface area contributed by atoms with Gasteiger partial charge in [-0.1, -0.05) is 44.8 Å². The first-order valence-corrected chi connectivity index (χ1v) is 11.3. The van der Waals surface area contributed by atoms with Gasteiger partial charge in [-0.25, -0.2) is 0 Å². The number of fused-ring (bicyclic) bond motifs is 1. The van der Waals surface area contributed by atoms with E-state index in [4.69, 9.17) is 0 Å². The molecule has 0 saturated heterocycles. The number of rotatable bonds is 3. The van der Waals surface area contributed by atoms with Gasteiger partial charge in [0.05, 0.1) is 0 Å². The molecule has 1 atom stereocenters. The summed E-state index contributed by atoms with van der Waals surface area (Å²) in [5, 5.41) is 3.75. The van der Waals surface area contributed by atoms with Gasteiger partial charge < -0.3 is 0 Å². The molecule has 19 heavy (non-hydrogen) atoms. The molecule has 0 spiro atoms. The largest absolute Gasteiger partial charge is 0.144 e. The average Bonchev–Trinajstić information content (AvgIpc) is 2.77. The molecule has 100 valence electrons. The number of hydrogen-bond acceptors (Lipinski definition) is 1. The Morgan fingerprint density at radius 3 is 2.68 bits per heavy atom. The van der Waals surface area contributed by atoms with Crippen LogP contribution in [0.2, 0.25) is 19.6 Å². The van der Waals surface area contributed by atoms with Crippen molar-refractivity contribution in [3.63, 3.8) is 0 Å². The Labute approximate surface area is 121 Å². The van der Waals surface area contributed by atoms with Gasteiger partial charge in [0, 0.05) is 11.1 Å². The highest BCUT2D eigenvalue weighted by Gasteiger charge is 2.11. The normalized spacial score (nSPS) is 13.1. The molecule has 1 heterocycles. The third-order valence-electron chi connectivity index (χ3n) is 3.21. The summed E-state index contributed by atoms with van der Waals surface area (Å²) in [5.74, 6) is 3.99. The van der Waals surface area contributed by atoms with Crippen molar-refractivity contribution < 1.29 is 0 Å². The summed E-state index contributed by atoms with van der Waals surface area (Å²) in [6.07, 6.45) is 2.19. The second-order valence-corrected chi connectivity index (χ2v) is 11.8. The summed E-state index contributed by atoms with van der Waals surface area (Å²) in [6, 6.07) is 8.70. The maximum Gasteiger partial charge on any atom is 0.129 e. The van der Waals surface area contributed by atoms with E-state index in [0.29, 0.717) is 5.92 Å². The molecule has 0 radical (unpaired) electrons. The van der Waals surface area contributed by atoms with Crippen molar-refractivity contribution in [1.29, 1.82) is 0 Å². The molecule has 2 heteroatoms. The molecule has 1 aromatic carbocycles. The van der Waals surface area contributed by atoms with Crippen LogP contribution in [0.25, 0.3) is 10.1 Å². The fourth-order valence-corrected chi connectivity index (χ4v) is 3.89. The smallest absolute Gasteiger partial charge is 0.129 e. The first-order chi connectivity index (χ1) is 8.97. The van der Waals surface area contributed by atoms with Gasteiger partial charge in [-0.2, -0.15) is 0 Å². The van der Waals surface area contributed by atoms with Crippen LogP contribution in [-0.2, 0) is 0 Å². The Balaban J connectivity index is 2.04. The molecule has 2 rings (SSSR count). The van der Waals surface area contributed by atoms with Gasteiger partial charge in [0.15, 0.2) is 0 Å². The first kappa shape index (κ1) is 14.4. The van der Waals surface area contributed by atoms with E-state index in [1.165, 1.54) is 15.6 Å². The van der Waals surface area contributed by atoms with Crippen LogP contribution in [0.3, 0.4) is 0 Å². The minimum atomic E-state index is -1.20. The Hall–Kier alpha value is -1.04. The zero-order valence-corrected chi connectivity index (χ0v) is 14.1. The second-order valence-electron chi connectivity index (χ2n) is 6.18. The van der Waals surface area contributed by atoms with Crippen LogP contribution in [-0.4, -0.2) is 8.07 Å². The maximum absolute atomic E-state index is 3.45. The standard InChI is InChI=1S/C17H22SSi/c1-14(9-7-8-12-19(2,3)4)16-13-18-17-11-6-5-10-15(16)17/h5-6,10-11,13-14H,7,9H2,1-4H3/t14-/m0/s1. The molecule has 0 aliphatic rings. The van der Waals surface area contributed by atoms with Gasteiger partial charge in [0.2, 0.25) is 0 Å². The molecule has 1 aromatic heterocycles. The molecule has 0 fully saturated rings. The molecular weight excluding hydrogens is 264 g/mol. The number of hydrogen-bond donors (Lipinski definition) is 0. The minimum absolute atomic E-state index is 0.604. The van der Waals surface area contributed by atoms with Crippen LogP contribution in [0.1, 0.15) is 31.2 Å². The molecule has 0 nitrogen and oxygen atoms in total. The van der Waals surface area contributed by atoms with Crippen molar-refractivity contribution in [2.24, 2.45) is 0 Å². The SMILES string of the molecule is C[C@@H](CCC#C[Si](C)(C)C)c1csc2ccccc12. The van der Waals surface area contributed by atoms with E-state index in [9.17, 15) is 0 Å². The average molecular weight is 287 g/mol. The third-order valence-corrected chi connectivity index (χ3v) is 5.12. The molecule has 0 aliphatic heterocycles. The summed E-state index contributed by atoms with van der Waals surface area (Å²) in [7, 11) is -1.20. The van der Waals surface area contributed by atoms with E-state index in [-0.39, 0.29) is 0 Å². The summed E-state index contributed by atoms with van der Waals surface area (Å²) in [4.78, 5) is 0. The van der Waals surface area contributed by atoms with Crippen molar-refractivity contribution in [1.82, 2.24) is 0 Å². The molecule has 2 aromatic rings. The van der Waals surface area contributed by atoms with E-state index in [1.54, 1.807) is 0 Å². The van der Waals surface area contributed by atoms with E-state index in [1.807, 2.05) is 11.3 Å². The maximum atomic E-state index is 3.45. The molecule has 0 bridgehead atoms. The lowest BCUT2D eigenvalue weighted by atomic mass is 9.96. The zero-order valence-electron chi connectivity index (χ0n) is 12.3.